The summed E-state index contributed by atoms with van der Waals surface area (Å²) in [7, 11) is 3.97. The predicted molar refractivity (Wildman–Crippen MR) is 115 cm³/mol. The molecule has 1 unspecified atom stereocenters. The van der Waals surface area contributed by atoms with Crippen molar-refractivity contribution in [1.29, 1.82) is 0 Å². The first-order valence-corrected chi connectivity index (χ1v) is 10.6. The Labute approximate surface area is 174 Å². The van der Waals surface area contributed by atoms with Crippen LogP contribution in [0.4, 0.5) is 11.4 Å². The van der Waals surface area contributed by atoms with Gasteiger partial charge in [0.05, 0.1) is 18.1 Å². The smallest absolute Gasteiger partial charge is 0.237 e. The molecule has 1 aliphatic rings. The minimum absolute atomic E-state index is 0.0619. The van der Waals surface area contributed by atoms with E-state index in [4.69, 9.17) is 4.42 Å². The van der Waals surface area contributed by atoms with Crippen molar-refractivity contribution in [3.05, 3.63) is 54.2 Å². The van der Waals surface area contributed by atoms with Crippen LogP contribution in [0.1, 0.15) is 37.3 Å². The molecular weight excluding hydrogens is 386 g/mol. The quantitative estimate of drug-likeness (QED) is 0.565. The molecule has 29 heavy (non-hydrogen) atoms. The number of rotatable bonds is 8. The molecule has 1 aromatic carbocycles. The van der Waals surface area contributed by atoms with E-state index in [1.165, 1.54) is 11.8 Å². The molecule has 7 nitrogen and oxygen atoms in total. The van der Waals surface area contributed by atoms with Crippen LogP contribution in [0.25, 0.3) is 0 Å². The third-order valence-electron chi connectivity index (χ3n) is 4.88. The number of hydrogen-bond donors (Lipinski definition) is 1. The van der Waals surface area contributed by atoms with Gasteiger partial charge in [0.15, 0.2) is 5.16 Å². The van der Waals surface area contributed by atoms with Gasteiger partial charge in [0, 0.05) is 31.4 Å². The van der Waals surface area contributed by atoms with Crippen LogP contribution in [0, 0.1) is 0 Å². The molecule has 4 rings (SSSR count). The number of carbonyl (C=O) groups excluding carboxylic acids is 1. The molecule has 1 N–H and O–H groups in total. The zero-order valence-electron chi connectivity index (χ0n) is 16.8. The normalized spacial score (nSPS) is 14.6. The van der Waals surface area contributed by atoms with Crippen molar-refractivity contribution in [3.63, 3.8) is 0 Å². The molecule has 152 valence electrons. The number of carbonyl (C=O) groups is 1. The van der Waals surface area contributed by atoms with E-state index in [0.717, 1.165) is 41.0 Å². The summed E-state index contributed by atoms with van der Waals surface area (Å²) in [4.78, 5) is 14.7. The Balaban J connectivity index is 1.44. The fourth-order valence-electron chi connectivity index (χ4n) is 3.04. The monoisotopic (exact) mass is 411 g/mol. The largest absolute Gasteiger partial charge is 0.467 e. The molecule has 0 saturated heterocycles. The Morgan fingerprint density at radius 3 is 2.66 bits per heavy atom. The number of nitrogens with zero attached hydrogens (tertiary/aromatic N) is 4. The van der Waals surface area contributed by atoms with E-state index in [-0.39, 0.29) is 11.2 Å². The lowest BCUT2D eigenvalue weighted by atomic mass is 10.2. The van der Waals surface area contributed by atoms with Crippen molar-refractivity contribution in [2.75, 3.05) is 24.3 Å². The van der Waals surface area contributed by atoms with E-state index in [0.29, 0.717) is 12.5 Å². The van der Waals surface area contributed by atoms with Gasteiger partial charge in [-0.1, -0.05) is 11.8 Å². The van der Waals surface area contributed by atoms with E-state index >= 15 is 0 Å². The maximum absolute atomic E-state index is 12.7. The van der Waals surface area contributed by atoms with Gasteiger partial charge in [-0.2, -0.15) is 0 Å². The highest BCUT2D eigenvalue weighted by atomic mass is 32.2. The number of nitrogens with one attached hydrogen (secondary N) is 1. The van der Waals surface area contributed by atoms with Gasteiger partial charge < -0.3 is 14.6 Å². The minimum atomic E-state index is -0.310. The molecule has 3 aromatic rings. The van der Waals surface area contributed by atoms with Crippen molar-refractivity contribution in [2.45, 2.75) is 42.6 Å². The summed E-state index contributed by atoms with van der Waals surface area (Å²) in [5.74, 6) is 2.24. The first-order chi connectivity index (χ1) is 14.0. The first-order valence-electron chi connectivity index (χ1n) is 9.71. The van der Waals surface area contributed by atoms with Gasteiger partial charge in [0.25, 0.3) is 0 Å². The molecule has 0 spiro atoms. The molecular formula is C21H25N5O2S. The number of thioether (sulfide) groups is 1. The van der Waals surface area contributed by atoms with Crippen molar-refractivity contribution in [1.82, 2.24) is 14.8 Å². The van der Waals surface area contributed by atoms with Crippen molar-refractivity contribution < 1.29 is 9.21 Å². The molecule has 0 radical (unpaired) electrons. The minimum Gasteiger partial charge on any atom is -0.467 e. The van der Waals surface area contributed by atoms with Gasteiger partial charge in [-0.05, 0) is 56.2 Å². The molecule has 2 aromatic heterocycles. The highest BCUT2D eigenvalue weighted by Crippen LogP contribution is 2.40. The van der Waals surface area contributed by atoms with Crippen LogP contribution in [-0.2, 0) is 11.3 Å². The van der Waals surface area contributed by atoms with E-state index in [9.17, 15) is 4.79 Å². The fourth-order valence-corrected chi connectivity index (χ4v) is 3.89. The van der Waals surface area contributed by atoms with Crippen molar-refractivity contribution in [3.8, 4) is 0 Å². The van der Waals surface area contributed by atoms with Crippen molar-refractivity contribution in [2.24, 2.45) is 0 Å². The van der Waals surface area contributed by atoms with Crippen LogP contribution in [0.3, 0.4) is 0 Å². The van der Waals surface area contributed by atoms with Crippen LogP contribution in [0.2, 0.25) is 0 Å². The Hall–Kier alpha value is -2.74. The summed E-state index contributed by atoms with van der Waals surface area (Å²) < 4.78 is 7.59. The molecule has 2 heterocycles. The summed E-state index contributed by atoms with van der Waals surface area (Å²) in [6.45, 7) is 2.46. The molecule has 1 aliphatic carbocycles. The zero-order valence-corrected chi connectivity index (χ0v) is 17.6. The molecule has 0 bridgehead atoms. The molecule has 8 heteroatoms. The fraction of sp³-hybridized carbons (Fsp3) is 0.381. The second-order valence-corrected chi connectivity index (χ2v) is 8.78. The lowest BCUT2D eigenvalue weighted by Gasteiger charge is -2.15. The molecule has 1 fully saturated rings. The van der Waals surface area contributed by atoms with E-state index in [1.807, 2.05) is 62.3 Å². The Kier molecular flexibility index (Phi) is 5.62. The Morgan fingerprint density at radius 1 is 1.28 bits per heavy atom. The summed E-state index contributed by atoms with van der Waals surface area (Å²) in [5, 5.41) is 12.2. The van der Waals surface area contributed by atoms with Gasteiger partial charge in [0.2, 0.25) is 5.91 Å². The number of benzene rings is 1. The van der Waals surface area contributed by atoms with Crippen LogP contribution in [0.15, 0.2) is 52.2 Å². The summed E-state index contributed by atoms with van der Waals surface area (Å²) in [6.07, 6.45) is 3.95. The van der Waals surface area contributed by atoms with Crippen molar-refractivity contribution >= 4 is 29.0 Å². The SMILES string of the molecule is CC(Sc1nnc(C2CC2)n1Cc1ccco1)C(=O)Nc1ccc(N(C)C)cc1. The average molecular weight is 412 g/mol. The lowest BCUT2D eigenvalue weighted by molar-refractivity contribution is -0.115. The number of anilines is 2. The summed E-state index contributed by atoms with van der Waals surface area (Å²) in [5.41, 5.74) is 1.87. The van der Waals surface area contributed by atoms with E-state index < -0.39 is 0 Å². The number of hydrogen-bond acceptors (Lipinski definition) is 6. The van der Waals surface area contributed by atoms with Gasteiger partial charge >= 0.3 is 0 Å². The predicted octanol–water partition coefficient (Wildman–Crippen LogP) is 3.98. The molecule has 0 aliphatic heterocycles. The lowest BCUT2D eigenvalue weighted by Crippen LogP contribution is -2.23. The maximum Gasteiger partial charge on any atom is 0.237 e. The number of amides is 1. The molecule has 1 amide bonds. The van der Waals surface area contributed by atoms with E-state index in [1.54, 1.807) is 6.26 Å². The highest BCUT2D eigenvalue weighted by molar-refractivity contribution is 8.00. The third kappa shape index (κ3) is 4.64. The topological polar surface area (TPSA) is 76.2 Å². The molecule has 1 atom stereocenters. The standard InChI is InChI=1S/C21H25N5O2S/c1-14(20(27)22-16-8-10-17(11-9-16)25(2)3)29-21-24-23-19(15-6-7-15)26(21)13-18-5-4-12-28-18/h4-5,8-12,14-15H,6-7,13H2,1-3H3,(H,22,27). The van der Waals surface area contributed by atoms with Crippen LogP contribution in [0.5, 0.6) is 0 Å². The molecule has 1 saturated carbocycles. The van der Waals surface area contributed by atoms with Crippen LogP contribution < -0.4 is 10.2 Å². The number of furan rings is 1. The highest BCUT2D eigenvalue weighted by Gasteiger charge is 2.31. The van der Waals surface area contributed by atoms with Gasteiger partial charge in [-0.3, -0.25) is 9.36 Å². The zero-order chi connectivity index (χ0) is 20.4. The van der Waals surface area contributed by atoms with Gasteiger partial charge in [-0.15, -0.1) is 10.2 Å². The van der Waals surface area contributed by atoms with Gasteiger partial charge in [-0.25, -0.2) is 0 Å². The average Bonchev–Trinajstić information content (AvgIpc) is 3.28. The number of aromatic nitrogens is 3. The van der Waals surface area contributed by atoms with E-state index in [2.05, 4.69) is 20.1 Å². The maximum atomic E-state index is 12.7. The Bertz CT molecular complexity index is 962. The first kappa shape index (κ1) is 19.6. The second-order valence-electron chi connectivity index (χ2n) is 7.47. The van der Waals surface area contributed by atoms with Crippen LogP contribution >= 0.6 is 11.8 Å². The Morgan fingerprint density at radius 2 is 2.03 bits per heavy atom. The third-order valence-corrected chi connectivity index (χ3v) is 5.97. The van der Waals surface area contributed by atoms with Gasteiger partial charge in [0.1, 0.15) is 11.6 Å². The summed E-state index contributed by atoms with van der Waals surface area (Å²) in [6, 6.07) is 11.6. The van der Waals surface area contributed by atoms with Crippen LogP contribution in [-0.4, -0.2) is 40.0 Å². The second kappa shape index (κ2) is 8.32. The summed E-state index contributed by atoms with van der Waals surface area (Å²) >= 11 is 1.42.